The van der Waals surface area contributed by atoms with E-state index in [1.807, 2.05) is 12.1 Å². The predicted octanol–water partition coefficient (Wildman–Crippen LogP) is 4.50. The van der Waals surface area contributed by atoms with Crippen LogP contribution in [0.4, 0.5) is 0 Å². The fourth-order valence-corrected chi connectivity index (χ4v) is 2.20. The second-order valence-electron chi connectivity index (χ2n) is 4.10. The Bertz CT molecular complexity index is 482. The van der Waals surface area contributed by atoms with Gasteiger partial charge in [0.05, 0.1) is 15.4 Å². The molecule has 0 bridgehead atoms. The Hall–Kier alpha value is -1.06. The summed E-state index contributed by atoms with van der Waals surface area (Å²) in [5.74, 6) is 1.20. The molecule has 0 saturated carbocycles. The molecule has 0 aliphatic rings. The van der Waals surface area contributed by atoms with Gasteiger partial charge in [0.25, 0.3) is 0 Å². The maximum atomic E-state index is 6.18. The van der Waals surface area contributed by atoms with E-state index in [0.717, 1.165) is 10.6 Å². The van der Waals surface area contributed by atoms with Crippen LogP contribution in [0.3, 0.4) is 0 Å². The minimum Gasteiger partial charge on any atom is -0.486 e. The first-order valence-electron chi connectivity index (χ1n) is 5.46. The molecule has 1 aromatic heterocycles. The molecule has 2 rings (SSSR count). The van der Waals surface area contributed by atoms with Crippen molar-refractivity contribution in [2.45, 2.75) is 26.4 Å². The van der Waals surface area contributed by atoms with Gasteiger partial charge in [0, 0.05) is 6.20 Å². The van der Waals surface area contributed by atoms with Gasteiger partial charge in [-0.2, -0.15) is 0 Å². The van der Waals surface area contributed by atoms with Crippen LogP contribution < -0.4 is 4.74 Å². The summed E-state index contributed by atoms with van der Waals surface area (Å²) in [6.07, 6.45) is 1.81. The summed E-state index contributed by atoms with van der Waals surface area (Å²) in [5.41, 5.74) is 3.02. The van der Waals surface area contributed by atoms with Crippen molar-refractivity contribution in [1.82, 2.24) is 4.98 Å². The number of aromatic nitrogens is 1. The highest BCUT2D eigenvalue weighted by Gasteiger charge is 2.06. The summed E-state index contributed by atoms with van der Waals surface area (Å²) in [7, 11) is 0. The van der Waals surface area contributed by atoms with Crippen LogP contribution in [0.25, 0.3) is 0 Å². The Balaban J connectivity index is 2.06. The first-order chi connectivity index (χ1) is 8.16. The zero-order valence-electron chi connectivity index (χ0n) is 9.81. The summed E-state index contributed by atoms with van der Waals surface area (Å²) in [4.78, 5) is 5.09. The molecule has 1 heterocycles. The van der Waals surface area contributed by atoms with E-state index in [-0.39, 0.29) is 0 Å². The third-order valence-electron chi connectivity index (χ3n) is 2.48. The van der Waals surface area contributed by atoms with E-state index in [0.29, 0.717) is 17.5 Å². The molecule has 0 N–H and O–H groups in total. The maximum absolute atomic E-state index is 6.18. The quantitative estimate of drug-likeness (QED) is 0.814. The van der Waals surface area contributed by atoms with Crippen molar-refractivity contribution in [3.05, 3.63) is 45.4 Å². The van der Waals surface area contributed by atoms with Gasteiger partial charge in [-0.1, -0.05) is 31.5 Å². The molecule has 0 aliphatic carbocycles. The Kier molecular flexibility index (Phi) is 4.02. The molecule has 0 unspecified atom stereocenters. The number of hydrogen-bond donors (Lipinski definition) is 0. The van der Waals surface area contributed by atoms with E-state index in [4.69, 9.17) is 16.3 Å². The topological polar surface area (TPSA) is 22.1 Å². The van der Waals surface area contributed by atoms with E-state index in [1.165, 1.54) is 5.56 Å². The molecule has 0 amide bonds. The molecule has 1 aromatic carbocycles. The lowest BCUT2D eigenvalue weighted by Crippen LogP contribution is -1.95. The van der Waals surface area contributed by atoms with Gasteiger partial charge in [0.2, 0.25) is 0 Å². The van der Waals surface area contributed by atoms with E-state index in [2.05, 4.69) is 24.9 Å². The van der Waals surface area contributed by atoms with Gasteiger partial charge >= 0.3 is 0 Å². The van der Waals surface area contributed by atoms with Crippen LogP contribution in [0.2, 0.25) is 5.02 Å². The highest BCUT2D eigenvalue weighted by Crippen LogP contribution is 2.29. The second-order valence-corrected chi connectivity index (χ2v) is 5.48. The van der Waals surface area contributed by atoms with Crippen LogP contribution in [0.15, 0.2) is 29.9 Å². The zero-order valence-corrected chi connectivity index (χ0v) is 11.4. The van der Waals surface area contributed by atoms with Gasteiger partial charge in [-0.25, -0.2) is 0 Å². The third-order valence-corrected chi connectivity index (χ3v) is 3.52. The van der Waals surface area contributed by atoms with Crippen molar-refractivity contribution in [2.24, 2.45) is 0 Å². The largest absolute Gasteiger partial charge is 0.486 e. The van der Waals surface area contributed by atoms with Gasteiger partial charge < -0.3 is 4.74 Å². The molecule has 17 heavy (non-hydrogen) atoms. The molecule has 2 aromatic rings. The van der Waals surface area contributed by atoms with Crippen molar-refractivity contribution < 1.29 is 4.74 Å². The third kappa shape index (κ3) is 3.20. The minimum atomic E-state index is 0.475. The number of nitrogens with zero attached hydrogens (tertiary/aromatic N) is 1. The average molecular weight is 268 g/mol. The van der Waals surface area contributed by atoms with Crippen molar-refractivity contribution in [3.63, 3.8) is 0 Å². The number of benzene rings is 1. The Morgan fingerprint density at radius 1 is 1.41 bits per heavy atom. The molecular formula is C13H14ClNOS. The SMILES string of the molecule is CC(C)c1ccc(OCc2cncs2)c(Cl)c1. The van der Waals surface area contributed by atoms with E-state index in [9.17, 15) is 0 Å². The summed E-state index contributed by atoms with van der Waals surface area (Å²) in [6.45, 7) is 4.80. The second kappa shape index (κ2) is 5.52. The van der Waals surface area contributed by atoms with Gasteiger partial charge in [-0.15, -0.1) is 11.3 Å². The van der Waals surface area contributed by atoms with Gasteiger partial charge in [-0.05, 0) is 23.6 Å². The van der Waals surface area contributed by atoms with E-state index < -0.39 is 0 Å². The van der Waals surface area contributed by atoms with Gasteiger partial charge in [0.15, 0.2) is 0 Å². The van der Waals surface area contributed by atoms with Gasteiger partial charge in [-0.3, -0.25) is 4.98 Å². The molecule has 0 saturated heterocycles. The Labute approximate surface area is 110 Å². The summed E-state index contributed by atoms with van der Waals surface area (Å²) >= 11 is 7.75. The fourth-order valence-electron chi connectivity index (χ4n) is 1.46. The molecular weight excluding hydrogens is 254 g/mol. The lowest BCUT2D eigenvalue weighted by atomic mass is 10.0. The van der Waals surface area contributed by atoms with Crippen molar-refractivity contribution in [1.29, 1.82) is 0 Å². The standard InChI is InChI=1S/C13H14ClNOS/c1-9(2)10-3-4-13(12(14)5-10)16-7-11-6-15-8-17-11/h3-6,8-9H,7H2,1-2H3. The van der Waals surface area contributed by atoms with E-state index >= 15 is 0 Å². The maximum Gasteiger partial charge on any atom is 0.138 e. The van der Waals surface area contributed by atoms with E-state index in [1.54, 1.807) is 23.0 Å². The minimum absolute atomic E-state index is 0.475. The highest BCUT2D eigenvalue weighted by molar-refractivity contribution is 7.09. The monoisotopic (exact) mass is 267 g/mol. The molecule has 0 atom stereocenters. The lowest BCUT2D eigenvalue weighted by Gasteiger charge is -2.10. The molecule has 4 heteroatoms. The smallest absolute Gasteiger partial charge is 0.138 e. The first kappa shape index (κ1) is 12.4. The molecule has 0 spiro atoms. The Morgan fingerprint density at radius 2 is 2.24 bits per heavy atom. The lowest BCUT2D eigenvalue weighted by molar-refractivity contribution is 0.309. The summed E-state index contributed by atoms with van der Waals surface area (Å²) < 4.78 is 5.65. The molecule has 0 aliphatic heterocycles. The number of thiazole rings is 1. The zero-order chi connectivity index (χ0) is 12.3. The summed E-state index contributed by atoms with van der Waals surface area (Å²) in [5, 5.41) is 0.667. The van der Waals surface area contributed by atoms with Crippen LogP contribution in [-0.2, 0) is 6.61 Å². The van der Waals surface area contributed by atoms with Crippen LogP contribution in [0, 0.1) is 0 Å². The van der Waals surface area contributed by atoms with Gasteiger partial charge in [0.1, 0.15) is 12.4 Å². The highest BCUT2D eigenvalue weighted by atomic mass is 35.5. The number of ether oxygens (including phenoxy) is 1. The normalized spacial score (nSPS) is 10.8. The molecule has 0 radical (unpaired) electrons. The molecule has 0 fully saturated rings. The van der Waals surface area contributed by atoms with Crippen LogP contribution >= 0.6 is 22.9 Å². The van der Waals surface area contributed by atoms with Crippen LogP contribution in [0.5, 0.6) is 5.75 Å². The predicted molar refractivity (Wildman–Crippen MR) is 72.0 cm³/mol. The van der Waals surface area contributed by atoms with Crippen molar-refractivity contribution in [2.75, 3.05) is 0 Å². The molecule has 2 nitrogen and oxygen atoms in total. The van der Waals surface area contributed by atoms with Crippen LogP contribution in [-0.4, -0.2) is 4.98 Å². The van der Waals surface area contributed by atoms with Crippen molar-refractivity contribution in [3.8, 4) is 5.75 Å². The summed E-state index contributed by atoms with van der Waals surface area (Å²) in [6, 6.07) is 5.95. The average Bonchev–Trinajstić information content (AvgIpc) is 2.80. The molecule has 90 valence electrons. The Morgan fingerprint density at radius 3 is 2.82 bits per heavy atom. The number of halogens is 1. The number of hydrogen-bond acceptors (Lipinski definition) is 3. The van der Waals surface area contributed by atoms with Crippen LogP contribution in [0.1, 0.15) is 30.2 Å². The fraction of sp³-hybridized carbons (Fsp3) is 0.308. The number of rotatable bonds is 4. The first-order valence-corrected chi connectivity index (χ1v) is 6.72. The van der Waals surface area contributed by atoms with Crippen molar-refractivity contribution >= 4 is 22.9 Å².